The molecule has 0 amide bonds. The molecule has 0 fully saturated rings. The molecule has 16 heavy (non-hydrogen) atoms. The number of anilines is 1. The lowest BCUT2D eigenvalue weighted by Crippen LogP contribution is -2.15. The minimum absolute atomic E-state index is 0.0189. The molecule has 0 saturated heterocycles. The molecule has 5 heteroatoms. The van der Waals surface area contributed by atoms with Crippen molar-refractivity contribution in [3.05, 3.63) is 45.9 Å². The molecule has 1 aromatic heterocycles. The maximum atomic E-state index is 9.31. The summed E-state index contributed by atoms with van der Waals surface area (Å²) < 4.78 is 0. The van der Waals surface area contributed by atoms with Gasteiger partial charge in [0.05, 0.1) is 34.6 Å². The van der Waals surface area contributed by atoms with E-state index in [1.807, 2.05) is 23.6 Å². The van der Waals surface area contributed by atoms with Gasteiger partial charge >= 0.3 is 0 Å². The molecule has 2 N–H and O–H groups in total. The van der Waals surface area contributed by atoms with Gasteiger partial charge in [0.1, 0.15) is 0 Å². The lowest BCUT2D eigenvalue weighted by atomic mass is 10.2. The number of halogens is 1. The van der Waals surface area contributed by atoms with E-state index >= 15 is 0 Å². The number of nitrogens with zero attached hydrogens (tertiary/aromatic N) is 1. The summed E-state index contributed by atoms with van der Waals surface area (Å²) in [5.74, 6) is 0. The van der Waals surface area contributed by atoms with Crippen molar-refractivity contribution < 1.29 is 5.11 Å². The van der Waals surface area contributed by atoms with Crippen molar-refractivity contribution in [1.82, 2.24) is 4.98 Å². The van der Waals surface area contributed by atoms with Gasteiger partial charge in [-0.1, -0.05) is 23.7 Å². The number of benzene rings is 1. The van der Waals surface area contributed by atoms with Gasteiger partial charge in [0.2, 0.25) is 0 Å². The zero-order valence-corrected chi connectivity index (χ0v) is 10.0. The maximum absolute atomic E-state index is 9.31. The molecule has 1 heterocycles. The van der Waals surface area contributed by atoms with Gasteiger partial charge in [-0.25, -0.2) is 4.98 Å². The van der Waals surface area contributed by atoms with E-state index in [1.165, 1.54) is 11.3 Å². The highest BCUT2D eigenvalue weighted by Gasteiger charge is 2.13. The standard InChI is InChI=1S/C11H11ClN2OS/c12-8-3-1-2-4-9(8)14-10(5-15)11-6-16-7-13-11/h1-4,6-7,10,14-15H,5H2. The highest BCUT2D eigenvalue weighted by Crippen LogP contribution is 2.25. The van der Waals surface area contributed by atoms with E-state index in [1.54, 1.807) is 11.6 Å². The molecule has 84 valence electrons. The summed E-state index contributed by atoms with van der Waals surface area (Å²) in [5, 5.41) is 15.0. The molecule has 1 atom stereocenters. The Balaban J connectivity index is 2.17. The van der Waals surface area contributed by atoms with Crippen LogP contribution >= 0.6 is 22.9 Å². The summed E-state index contributed by atoms with van der Waals surface area (Å²) in [5.41, 5.74) is 3.37. The van der Waals surface area contributed by atoms with Gasteiger partial charge < -0.3 is 10.4 Å². The molecule has 0 aliphatic carbocycles. The number of aliphatic hydroxyl groups is 1. The first-order chi connectivity index (χ1) is 7.81. The SMILES string of the molecule is OCC(Nc1ccccc1Cl)c1cscn1. The molecule has 0 aliphatic heterocycles. The third-order valence-electron chi connectivity index (χ3n) is 2.19. The van der Waals surface area contributed by atoms with Crippen molar-refractivity contribution >= 4 is 28.6 Å². The molecular formula is C11H11ClN2OS. The van der Waals surface area contributed by atoms with E-state index in [2.05, 4.69) is 10.3 Å². The Morgan fingerprint density at radius 3 is 2.88 bits per heavy atom. The molecule has 1 unspecified atom stereocenters. The fourth-order valence-electron chi connectivity index (χ4n) is 1.37. The smallest absolute Gasteiger partial charge is 0.0926 e. The topological polar surface area (TPSA) is 45.1 Å². The highest BCUT2D eigenvalue weighted by molar-refractivity contribution is 7.07. The normalized spacial score (nSPS) is 12.4. The lowest BCUT2D eigenvalue weighted by molar-refractivity contribution is 0.274. The average molecular weight is 255 g/mol. The van der Waals surface area contributed by atoms with Crippen LogP contribution in [0.5, 0.6) is 0 Å². The second kappa shape index (κ2) is 5.30. The third kappa shape index (κ3) is 2.52. The molecule has 1 aromatic carbocycles. The summed E-state index contributed by atoms with van der Waals surface area (Å²) in [7, 11) is 0. The maximum Gasteiger partial charge on any atom is 0.0926 e. The van der Waals surface area contributed by atoms with Gasteiger partial charge in [0.15, 0.2) is 0 Å². The molecule has 0 saturated carbocycles. The Kier molecular flexibility index (Phi) is 3.77. The number of para-hydroxylation sites is 1. The van der Waals surface area contributed by atoms with Crippen molar-refractivity contribution in [3.63, 3.8) is 0 Å². The molecule has 0 radical (unpaired) electrons. The van der Waals surface area contributed by atoms with Crippen molar-refractivity contribution in [2.75, 3.05) is 11.9 Å². The molecule has 2 aromatic rings. The fourth-order valence-corrected chi connectivity index (χ4v) is 2.17. The minimum Gasteiger partial charge on any atom is -0.394 e. The van der Waals surface area contributed by atoms with Crippen LogP contribution < -0.4 is 5.32 Å². The van der Waals surface area contributed by atoms with Gasteiger partial charge in [-0.3, -0.25) is 0 Å². The highest BCUT2D eigenvalue weighted by atomic mass is 35.5. The van der Waals surface area contributed by atoms with Gasteiger partial charge in [-0.15, -0.1) is 11.3 Å². The molecule has 3 nitrogen and oxygen atoms in total. The van der Waals surface area contributed by atoms with Crippen LogP contribution in [0.15, 0.2) is 35.2 Å². The summed E-state index contributed by atoms with van der Waals surface area (Å²) in [6.07, 6.45) is 0. The van der Waals surface area contributed by atoms with Gasteiger partial charge in [0.25, 0.3) is 0 Å². The number of aliphatic hydroxyl groups excluding tert-OH is 1. The molecule has 0 aliphatic rings. The first-order valence-electron chi connectivity index (χ1n) is 4.81. The number of thiazole rings is 1. The second-order valence-corrected chi connectivity index (χ2v) is 4.40. The molecule has 0 bridgehead atoms. The van der Waals surface area contributed by atoms with E-state index in [4.69, 9.17) is 11.6 Å². The minimum atomic E-state index is -0.217. The summed E-state index contributed by atoms with van der Waals surface area (Å²) in [6.45, 7) is -0.0189. The van der Waals surface area contributed by atoms with E-state index in [0.717, 1.165) is 11.4 Å². The van der Waals surface area contributed by atoms with Crippen molar-refractivity contribution in [3.8, 4) is 0 Å². The average Bonchev–Trinajstić information content (AvgIpc) is 2.81. The van der Waals surface area contributed by atoms with E-state index in [9.17, 15) is 5.11 Å². The number of hydrogen-bond donors (Lipinski definition) is 2. The largest absolute Gasteiger partial charge is 0.394 e. The van der Waals surface area contributed by atoms with E-state index in [0.29, 0.717) is 5.02 Å². The van der Waals surface area contributed by atoms with Crippen LogP contribution in [0.25, 0.3) is 0 Å². The third-order valence-corrected chi connectivity index (χ3v) is 3.13. The Labute approximate surface area is 103 Å². The lowest BCUT2D eigenvalue weighted by Gasteiger charge is -2.16. The predicted octanol–water partition coefficient (Wildman–Crippen LogP) is 2.94. The Morgan fingerprint density at radius 2 is 2.25 bits per heavy atom. The zero-order valence-electron chi connectivity index (χ0n) is 8.43. The first-order valence-corrected chi connectivity index (χ1v) is 6.13. The fraction of sp³-hybridized carbons (Fsp3) is 0.182. The van der Waals surface area contributed by atoms with Crippen LogP contribution in [-0.4, -0.2) is 16.7 Å². The molecule has 0 spiro atoms. The number of hydrogen-bond acceptors (Lipinski definition) is 4. The monoisotopic (exact) mass is 254 g/mol. The predicted molar refractivity (Wildman–Crippen MR) is 67.0 cm³/mol. The van der Waals surface area contributed by atoms with Crippen LogP contribution in [-0.2, 0) is 0 Å². The number of aromatic nitrogens is 1. The summed E-state index contributed by atoms with van der Waals surface area (Å²) in [4.78, 5) is 4.17. The van der Waals surface area contributed by atoms with E-state index < -0.39 is 0 Å². The summed E-state index contributed by atoms with van der Waals surface area (Å²) >= 11 is 7.53. The zero-order chi connectivity index (χ0) is 11.4. The Hall–Kier alpha value is -1.10. The molecule has 2 rings (SSSR count). The van der Waals surface area contributed by atoms with Crippen LogP contribution in [0.3, 0.4) is 0 Å². The van der Waals surface area contributed by atoms with E-state index in [-0.39, 0.29) is 12.6 Å². The molecular weight excluding hydrogens is 244 g/mol. The van der Waals surface area contributed by atoms with Gasteiger partial charge in [-0.05, 0) is 12.1 Å². The number of nitrogens with one attached hydrogen (secondary N) is 1. The van der Waals surface area contributed by atoms with Crippen molar-refractivity contribution in [2.45, 2.75) is 6.04 Å². The van der Waals surface area contributed by atoms with Gasteiger partial charge in [-0.2, -0.15) is 0 Å². The van der Waals surface area contributed by atoms with Crippen LogP contribution in [0.2, 0.25) is 5.02 Å². The van der Waals surface area contributed by atoms with Crippen molar-refractivity contribution in [1.29, 1.82) is 0 Å². The number of rotatable bonds is 4. The van der Waals surface area contributed by atoms with Gasteiger partial charge in [0, 0.05) is 5.38 Å². The van der Waals surface area contributed by atoms with Crippen molar-refractivity contribution in [2.24, 2.45) is 0 Å². The Bertz CT molecular complexity index is 447. The van der Waals surface area contributed by atoms with Crippen LogP contribution in [0.4, 0.5) is 5.69 Å². The van der Waals surface area contributed by atoms with Crippen LogP contribution in [0, 0.1) is 0 Å². The first kappa shape index (κ1) is 11.4. The second-order valence-electron chi connectivity index (χ2n) is 3.27. The summed E-state index contributed by atoms with van der Waals surface area (Å²) in [6, 6.07) is 7.22. The quantitative estimate of drug-likeness (QED) is 0.882. The Morgan fingerprint density at radius 1 is 1.44 bits per heavy atom. The van der Waals surface area contributed by atoms with Crippen LogP contribution in [0.1, 0.15) is 11.7 Å².